The van der Waals surface area contributed by atoms with E-state index < -0.39 is 12.1 Å². The summed E-state index contributed by atoms with van der Waals surface area (Å²) in [6.45, 7) is 1.86. The first kappa shape index (κ1) is 16.9. The van der Waals surface area contributed by atoms with Crippen molar-refractivity contribution >= 4 is 17.6 Å². The fourth-order valence-electron chi connectivity index (χ4n) is 2.55. The second-order valence-electron chi connectivity index (χ2n) is 5.20. The summed E-state index contributed by atoms with van der Waals surface area (Å²) >= 11 is 6.18. The molecule has 1 unspecified atom stereocenters. The molecule has 0 aliphatic heterocycles. The highest BCUT2D eigenvalue weighted by molar-refractivity contribution is 6.31. The van der Waals surface area contributed by atoms with Crippen molar-refractivity contribution in [2.45, 2.75) is 44.8 Å². The van der Waals surface area contributed by atoms with Gasteiger partial charge in [-0.1, -0.05) is 11.6 Å². The molecule has 0 spiro atoms. The predicted octanol–water partition coefficient (Wildman–Crippen LogP) is 3.27. The van der Waals surface area contributed by atoms with Crippen LogP contribution >= 0.6 is 11.6 Å². The van der Waals surface area contributed by atoms with E-state index in [0.29, 0.717) is 11.5 Å². The minimum atomic E-state index is -1.44. The summed E-state index contributed by atoms with van der Waals surface area (Å²) in [5, 5.41) is 10.3. The van der Waals surface area contributed by atoms with Gasteiger partial charge in [-0.05, 0) is 38.7 Å². The summed E-state index contributed by atoms with van der Waals surface area (Å²) in [4.78, 5) is 11.7. The summed E-state index contributed by atoms with van der Waals surface area (Å²) < 4.78 is 16.0. The fourth-order valence-corrected chi connectivity index (χ4v) is 2.80. The van der Waals surface area contributed by atoms with E-state index in [1.165, 1.54) is 13.2 Å². The number of ether oxygens (including phenoxy) is 3. The number of rotatable bonds is 6. The summed E-state index contributed by atoms with van der Waals surface area (Å²) in [6, 6.07) is 3.10. The molecular weight excluding hydrogens is 308 g/mol. The lowest BCUT2D eigenvalue weighted by Gasteiger charge is -2.19. The Morgan fingerprint density at radius 2 is 2.05 bits per heavy atom. The van der Waals surface area contributed by atoms with Gasteiger partial charge in [-0.15, -0.1) is 0 Å². The second-order valence-corrected chi connectivity index (χ2v) is 5.61. The van der Waals surface area contributed by atoms with E-state index in [1.807, 2.05) is 0 Å². The third-order valence-electron chi connectivity index (χ3n) is 3.68. The zero-order chi connectivity index (χ0) is 16.1. The maximum absolute atomic E-state index is 11.7. The average Bonchev–Trinajstić information content (AvgIpc) is 3.00. The molecule has 1 aliphatic rings. The Kier molecular flexibility index (Phi) is 5.91. The average molecular weight is 329 g/mol. The molecule has 22 heavy (non-hydrogen) atoms. The minimum Gasteiger partial charge on any atom is -0.493 e. The SMILES string of the molecule is CCOC(=O)C(O)c1cc(OC)c(OC2CCCC2)cc1Cl. The van der Waals surface area contributed by atoms with Crippen molar-refractivity contribution in [3.05, 3.63) is 22.7 Å². The zero-order valence-corrected chi connectivity index (χ0v) is 13.6. The molecule has 0 aromatic heterocycles. The van der Waals surface area contributed by atoms with E-state index in [1.54, 1.807) is 13.0 Å². The number of carbonyl (C=O) groups excluding carboxylic acids is 1. The van der Waals surface area contributed by atoms with Crippen LogP contribution in [0.2, 0.25) is 5.02 Å². The van der Waals surface area contributed by atoms with Crippen molar-refractivity contribution in [1.29, 1.82) is 0 Å². The highest BCUT2D eigenvalue weighted by atomic mass is 35.5. The maximum atomic E-state index is 11.7. The van der Waals surface area contributed by atoms with Gasteiger partial charge >= 0.3 is 5.97 Å². The molecule has 1 fully saturated rings. The molecule has 1 aliphatic carbocycles. The van der Waals surface area contributed by atoms with Crippen molar-refractivity contribution in [2.75, 3.05) is 13.7 Å². The van der Waals surface area contributed by atoms with Crippen molar-refractivity contribution in [2.24, 2.45) is 0 Å². The molecule has 2 rings (SSSR count). The molecule has 5 nitrogen and oxygen atoms in total. The van der Waals surface area contributed by atoms with Crippen molar-refractivity contribution in [1.82, 2.24) is 0 Å². The molecule has 0 bridgehead atoms. The van der Waals surface area contributed by atoms with Crippen molar-refractivity contribution in [3.8, 4) is 11.5 Å². The van der Waals surface area contributed by atoms with Gasteiger partial charge in [0.25, 0.3) is 0 Å². The van der Waals surface area contributed by atoms with E-state index in [9.17, 15) is 9.90 Å². The molecule has 1 aromatic carbocycles. The molecule has 0 amide bonds. The highest BCUT2D eigenvalue weighted by Gasteiger charge is 2.25. The van der Waals surface area contributed by atoms with Crippen molar-refractivity contribution < 1.29 is 24.1 Å². The van der Waals surface area contributed by atoms with E-state index in [0.717, 1.165) is 25.7 Å². The quantitative estimate of drug-likeness (QED) is 0.812. The normalized spacial score (nSPS) is 16.4. The van der Waals surface area contributed by atoms with E-state index >= 15 is 0 Å². The number of hydrogen-bond acceptors (Lipinski definition) is 5. The minimum absolute atomic E-state index is 0.158. The second kappa shape index (κ2) is 7.70. The lowest BCUT2D eigenvalue weighted by atomic mass is 10.1. The molecule has 0 heterocycles. The van der Waals surface area contributed by atoms with Crippen LogP contribution in [0.4, 0.5) is 0 Å². The van der Waals surface area contributed by atoms with E-state index in [4.69, 9.17) is 25.8 Å². The number of methoxy groups -OCH3 is 1. The van der Waals surface area contributed by atoms with Gasteiger partial charge in [-0.25, -0.2) is 4.79 Å². The first-order chi connectivity index (χ1) is 10.6. The van der Waals surface area contributed by atoms with Crippen LogP contribution in [0.15, 0.2) is 12.1 Å². The van der Waals surface area contributed by atoms with Crippen LogP contribution in [-0.4, -0.2) is 30.9 Å². The first-order valence-electron chi connectivity index (χ1n) is 7.45. The topological polar surface area (TPSA) is 65.0 Å². The van der Waals surface area contributed by atoms with Crippen LogP contribution in [0.1, 0.15) is 44.3 Å². The zero-order valence-electron chi connectivity index (χ0n) is 12.8. The van der Waals surface area contributed by atoms with E-state index in [2.05, 4.69) is 0 Å². The number of aliphatic hydroxyl groups is 1. The number of carbonyl (C=O) groups is 1. The molecule has 122 valence electrons. The lowest BCUT2D eigenvalue weighted by molar-refractivity contribution is -0.153. The van der Waals surface area contributed by atoms with Gasteiger partial charge in [-0.2, -0.15) is 0 Å². The number of aliphatic hydroxyl groups excluding tert-OH is 1. The summed E-state index contributed by atoms with van der Waals surface area (Å²) in [7, 11) is 1.51. The number of hydrogen-bond donors (Lipinski definition) is 1. The van der Waals surface area contributed by atoms with E-state index in [-0.39, 0.29) is 23.3 Å². The smallest absolute Gasteiger partial charge is 0.339 e. The Hall–Kier alpha value is -1.46. The predicted molar refractivity (Wildman–Crippen MR) is 82.5 cm³/mol. The molecule has 1 atom stereocenters. The molecule has 1 saturated carbocycles. The van der Waals surface area contributed by atoms with Crippen LogP contribution in [0, 0.1) is 0 Å². The molecule has 1 aromatic rings. The number of benzene rings is 1. The summed E-state index contributed by atoms with van der Waals surface area (Å²) in [5.41, 5.74) is 0.246. The van der Waals surface area contributed by atoms with Crippen LogP contribution in [-0.2, 0) is 9.53 Å². The maximum Gasteiger partial charge on any atom is 0.339 e. The molecule has 6 heteroatoms. The Morgan fingerprint density at radius 3 is 2.64 bits per heavy atom. The monoisotopic (exact) mass is 328 g/mol. The van der Waals surface area contributed by atoms with Crippen LogP contribution in [0.3, 0.4) is 0 Å². The molecule has 0 saturated heterocycles. The third-order valence-corrected chi connectivity index (χ3v) is 4.01. The first-order valence-corrected chi connectivity index (χ1v) is 7.83. The Morgan fingerprint density at radius 1 is 1.36 bits per heavy atom. The summed E-state index contributed by atoms with van der Waals surface area (Å²) in [5.74, 6) is 0.227. The molecule has 0 radical (unpaired) electrons. The van der Waals surface area contributed by atoms with Gasteiger partial charge in [-0.3, -0.25) is 0 Å². The van der Waals surface area contributed by atoms with Crippen LogP contribution in [0.25, 0.3) is 0 Å². The highest BCUT2D eigenvalue weighted by Crippen LogP contribution is 2.38. The van der Waals surface area contributed by atoms with Gasteiger partial charge in [0.1, 0.15) is 0 Å². The largest absolute Gasteiger partial charge is 0.493 e. The standard InChI is InChI=1S/C16H21ClO5/c1-3-21-16(19)15(18)11-8-13(20-2)14(9-12(11)17)22-10-6-4-5-7-10/h8-10,15,18H,3-7H2,1-2H3. The third kappa shape index (κ3) is 3.84. The summed E-state index contributed by atoms with van der Waals surface area (Å²) in [6.07, 6.45) is 3.04. The van der Waals surface area contributed by atoms with Crippen LogP contribution < -0.4 is 9.47 Å². The van der Waals surface area contributed by atoms with Gasteiger partial charge in [0.05, 0.1) is 24.8 Å². The lowest BCUT2D eigenvalue weighted by Crippen LogP contribution is -2.16. The fraction of sp³-hybridized carbons (Fsp3) is 0.562. The van der Waals surface area contributed by atoms with Gasteiger partial charge in [0.15, 0.2) is 17.6 Å². The van der Waals surface area contributed by atoms with Crippen molar-refractivity contribution in [3.63, 3.8) is 0 Å². The van der Waals surface area contributed by atoms with Crippen LogP contribution in [0.5, 0.6) is 11.5 Å². The molecule has 1 N–H and O–H groups in total. The Balaban J connectivity index is 2.24. The van der Waals surface area contributed by atoms with Gasteiger partial charge in [0.2, 0.25) is 0 Å². The molecular formula is C16H21ClO5. The Labute approximate surface area is 135 Å². The van der Waals surface area contributed by atoms with Gasteiger partial charge < -0.3 is 19.3 Å². The number of halogens is 1. The van der Waals surface area contributed by atoms with Gasteiger partial charge in [0, 0.05) is 11.6 Å². The number of esters is 1. The Bertz CT molecular complexity index is 526.